The number of nitrogens with zero attached hydrogens (tertiary/aromatic N) is 2. The summed E-state index contributed by atoms with van der Waals surface area (Å²) in [7, 11) is 1.68. The van der Waals surface area contributed by atoms with Gasteiger partial charge < -0.3 is 19.7 Å². The van der Waals surface area contributed by atoms with Crippen molar-refractivity contribution in [2.24, 2.45) is 11.8 Å². The molecule has 1 aliphatic rings. The van der Waals surface area contributed by atoms with E-state index in [0.717, 1.165) is 42.3 Å². The highest BCUT2D eigenvalue weighted by atomic mass is 16.6. The Morgan fingerprint density at radius 3 is 2.79 bits per heavy atom. The molecule has 1 N–H and O–H groups in total. The summed E-state index contributed by atoms with van der Waals surface area (Å²) in [5.74, 6) is 1.48. The number of carbonyl (C=O) groups is 2. The van der Waals surface area contributed by atoms with Gasteiger partial charge in [-0.25, -0.2) is 4.79 Å². The molecule has 0 radical (unpaired) electrons. The summed E-state index contributed by atoms with van der Waals surface area (Å²) < 4.78 is 10.6. The molecule has 2 aromatic rings. The molecule has 1 aromatic heterocycles. The third-order valence-corrected chi connectivity index (χ3v) is 6.30. The van der Waals surface area contributed by atoms with Gasteiger partial charge >= 0.3 is 6.09 Å². The van der Waals surface area contributed by atoms with Crippen molar-refractivity contribution in [3.63, 3.8) is 0 Å². The van der Waals surface area contributed by atoms with Crippen molar-refractivity contribution in [2.75, 3.05) is 26.7 Å². The minimum atomic E-state index is -0.589. The number of aryl methyl sites for hydroxylation is 1. The van der Waals surface area contributed by atoms with E-state index < -0.39 is 11.7 Å². The molecule has 0 spiro atoms. The van der Waals surface area contributed by atoms with Crippen LogP contribution in [-0.4, -0.2) is 54.2 Å². The summed E-state index contributed by atoms with van der Waals surface area (Å²) >= 11 is 0. The third-order valence-electron chi connectivity index (χ3n) is 6.30. The number of aromatic nitrogens is 1. The van der Waals surface area contributed by atoms with Gasteiger partial charge in [0, 0.05) is 24.7 Å². The Hall–Kier alpha value is -3.09. The molecule has 2 atom stereocenters. The van der Waals surface area contributed by atoms with Gasteiger partial charge in [0.05, 0.1) is 12.6 Å². The van der Waals surface area contributed by atoms with Gasteiger partial charge in [0.15, 0.2) is 0 Å². The SMILES string of the molecule is C=C[C@H]1CN(C(=O)CNC(=O)OC(C)(C)C)CC[C@H]1CCCc1ccnc2ccc(OC)cc12. The predicted octanol–water partition coefficient (Wildman–Crippen LogP) is 4.74. The number of pyridine rings is 1. The van der Waals surface area contributed by atoms with Crippen LogP contribution in [0.5, 0.6) is 5.75 Å². The summed E-state index contributed by atoms with van der Waals surface area (Å²) in [6, 6.07) is 8.08. The lowest BCUT2D eigenvalue weighted by atomic mass is 9.81. The molecule has 2 amide bonds. The Labute approximate surface area is 202 Å². The Balaban J connectivity index is 1.50. The minimum Gasteiger partial charge on any atom is -0.497 e. The van der Waals surface area contributed by atoms with Gasteiger partial charge in [-0.05, 0) is 88.1 Å². The first-order valence-corrected chi connectivity index (χ1v) is 12.0. The number of ether oxygens (including phenoxy) is 2. The van der Waals surface area contributed by atoms with Crippen molar-refractivity contribution in [2.45, 2.75) is 52.1 Å². The Kier molecular flexibility index (Phi) is 8.53. The lowest BCUT2D eigenvalue weighted by molar-refractivity contribution is -0.132. The number of hydrogen-bond donors (Lipinski definition) is 1. The quantitative estimate of drug-likeness (QED) is 0.567. The molecule has 34 heavy (non-hydrogen) atoms. The Bertz CT molecular complexity index is 1010. The number of carbonyl (C=O) groups excluding carboxylic acids is 2. The maximum absolute atomic E-state index is 12.6. The van der Waals surface area contributed by atoms with Crippen molar-refractivity contribution in [3.8, 4) is 5.75 Å². The molecule has 1 saturated heterocycles. The number of piperidine rings is 1. The molecule has 0 unspecified atom stereocenters. The normalized spacial score (nSPS) is 18.4. The fourth-order valence-corrected chi connectivity index (χ4v) is 4.54. The number of methoxy groups -OCH3 is 1. The zero-order valence-electron chi connectivity index (χ0n) is 20.8. The number of fused-ring (bicyclic) bond motifs is 1. The first-order chi connectivity index (χ1) is 16.2. The monoisotopic (exact) mass is 467 g/mol. The zero-order chi connectivity index (χ0) is 24.7. The average molecular weight is 468 g/mol. The molecule has 1 aromatic carbocycles. The molecule has 0 aliphatic carbocycles. The summed E-state index contributed by atoms with van der Waals surface area (Å²) in [6.07, 6.45) is 7.29. The van der Waals surface area contributed by atoms with Crippen LogP contribution in [0.2, 0.25) is 0 Å². The van der Waals surface area contributed by atoms with E-state index in [4.69, 9.17) is 9.47 Å². The highest BCUT2D eigenvalue weighted by molar-refractivity contribution is 5.83. The van der Waals surface area contributed by atoms with Crippen LogP contribution >= 0.6 is 0 Å². The highest BCUT2D eigenvalue weighted by Crippen LogP contribution is 2.30. The summed E-state index contributed by atoms with van der Waals surface area (Å²) in [5.41, 5.74) is 1.67. The van der Waals surface area contributed by atoms with Gasteiger partial charge in [0.2, 0.25) is 5.91 Å². The van der Waals surface area contributed by atoms with Crippen LogP contribution < -0.4 is 10.1 Å². The van der Waals surface area contributed by atoms with Crippen LogP contribution in [0.25, 0.3) is 10.9 Å². The molecule has 1 fully saturated rings. The number of likely N-dealkylation sites (tertiary alicyclic amines) is 1. The number of benzene rings is 1. The van der Waals surface area contributed by atoms with Crippen molar-refractivity contribution in [1.29, 1.82) is 0 Å². The van der Waals surface area contributed by atoms with Gasteiger partial charge in [-0.15, -0.1) is 6.58 Å². The first-order valence-electron chi connectivity index (χ1n) is 12.0. The lowest BCUT2D eigenvalue weighted by Gasteiger charge is -2.37. The largest absolute Gasteiger partial charge is 0.497 e. The van der Waals surface area contributed by atoms with E-state index in [9.17, 15) is 9.59 Å². The van der Waals surface area contributed by atoms with E-state index in [-0.39, 0.29) is 18.4 Å². The molecule has 0 bridgehead atoms. The smallest absolute Gasteiger partial charge is 0.408 e. The Morgan fingerprint density at radius 2 is 2.09 bits per heavy atom. The molecule has 0 saturated carbocycles. The molecule has 7 heteroatoms. The van der Waals surface area contributed by atoms with Crippen LogP contribution in [0.1, 0.15) is 45.6 Å². The van der Waals surface area contributed by atoms with Crippen LogP contribution in [0.4, 0.5) is 4.79 Å². The van der Waals surface area contributed by atoms with Crippen molar-refractivity contribution in [1.82, 2.24) is 15.2 Å². The van der Waals surface area contributed by atoms with E-state index in [1.807, 2.05) is 29.3 Å². The van der Waals surface area contributed by atoms with Crippen LogP contribution in [0.3, 0.4) is 0 Å². The first kappa shape index (κ1) is 25.5. The highest BCUT2D eigenvalue weighted by Gasteiger charge is 2.29. The topological polar surface area (TPSA) is 80.8 Å². The standard InChI is InChI=1S/C27H37N3O4/c1-6-19-18-30(25(31)17-29-26(32)34-27(2,3)4)15-13-20(19)8-7-9-21-12-14-28-24-11-10-22(33-5)16-23(21)24/h6,10-12,14,16,19-20H,1,7-9,13,15,17-18H2,2-5H3,(H,29,32)/t19-,20+/m0/s1. The second-order valence-electron chi connectivity index (χ2n) is 9.89. The van der Waals surface area contributed by atoms with Gasteiger partial charge in [-0.3, -0.25) is 9.78 Å². The number of amides is 2. The van der Waals surface area contributed by atoms with E-state index in [1.165, 1.54) is 5.56 Å². The maximum Gasteiger partial charge on any atom is 0.408 e. The van der Waals surface area contributed by atoms with Gasteiger partial charge in [0.1, 0.15) is 17.9 Å². The molecule has 1 aliphatic heterocycles. The molecule has 184 valence electrons. The maximum atomic E-state index is 12.6. The van der Waals surface area contributed by atoms with Gasteiger partial charge in [-0.1, -0.05) is 6.08 Å². The zero-order valence-corrected chi connectivity index (χ0v) is 20.8. The average Bonchev–Trinajstić information content (AvgIpc) is 2.81. The van der Waals surface area contributed by atoms with E-state index in [0.29, 0.717) is 19.0 Å². The number of nitrogens with one attached hydrogen (secondary N) is 1. The van der Waals surface area contributed by atoms with Crippen molar-refractivity contribution >= 4 is 22.9 Å². The number of hydrogen-bond acceptors (Lipinski definition) is 5. The Morgan fingerprint density at radius 1 is 1.29 bits per heavy atom. The lowest BCUT2D eigenvalue weighted by Crippen LogP contribution is -2.47. The second-order valence-corrected chi connectivity index (χ2v) is 9.89. The van der Waals surface area contributed by atoms with E-state index in [1.54, 1.807) is 27.9 Å². The molecule has 3 rings (SSSR count). The van der Waals surface area contributed by atoms with E-state index in [2.05, 4.69) is 29.0 Å². The third kappa shape index (κ3) is 6.95. The van der Waals surface area contributed by atoms with Crippen molar-refractivity contribution < 1.29 is 19.1 Å². The fourth-order valence-electron chi connectivity index (χ4n) is 4.54. The summed E-state index contributed by atoms with van der Waals surface area (Å²) in [6.45, 7) is 10.7. The van der Waals surface area contributed by atoms with E-state index >= 15 is 0 Å². The van der Waals surface area contributed by atoms with Crippen LogP contribution in [0, 0.1) is 11.8 Å². The van der Waals surface area contributed by atoms with Gasteiger partial charge in [-0.2, -0.15) is 0 Å². The number of alkyl carbamates (subject to hydrolysis) is 1. The van der Waals surface area contributed by atoms with Gasteiger partial charge in [0.25, 0.3) is 0 Å². The molecule has 7 nitrogen and oxygen atoms in total. The minimum absolute atomic E-state index is 0.0535. The number of rotatable bonds is 8. The fraction of sp³-hybridized carbons (Fsp3) is 0.519. The molecular weight excluding hydrogens is 430 g/mol. The second kappa shape index (κ2) is 11.4. The summed E-state index contributed by atoms with van der Waals surface area (Å²) in [5, 5.41) is 3.70. The van der Waals surface area contributed by atoms with Crippen LogP contribution in [-0.2, 0) is 16.0 Å². The summed E-state index contributed by atoms with van der Waals surface area (Å²) in [4.78, 5) is 30.7. The van der Waals surface area contributed by atoms with Crippen LogP contribution in [0.15, 0.2) is 43.1 Å². The molecular formula is C27H37N3O4. The van der Waals surface area contributed by atoms with Crippen molar-refractivity contribution in [3.05, 3.63) is 48.7 Å². The predicted molar refractivity (Wildman–Crippen MR) is 134 cm³/mol. The molecule has 2 heterocycles.